The van der Waals surface area contributed by atoms with Crippen LogP contribution in [-0.4, -0.2) is 23.1 Å². The second-order valence-electron chi connectivity index (χ2n) is 5.32. The molecule has 25 heavy (non-hydrogen) atoms. The number of carbonyl (C=O) groups is 1. The minimum atomic E-state index is -0.470. The fourth-order valence-electron chi connectivity index (χ4n) is 2.04. The lowest BCUT2D eigenvalue weighted by Gasteiger charge is -2.06. The maximum absolute atomic E-state index is 11.8. The number of aryl methyl sites for hydroxylation is 1. The van der Waals surface area contributed by atoms with Gasteiger partial charge in [0.25, 0.3) is 11.6 Å². The molecule has 0 spiro atoms. The first-order valence-electron chi connectivity index (χ1n) is 7.79. The van der Waals surface area contributed by atoms with Crippen LogP contribution in [0.2, 0.25) is 0 Å². The van der Waals surface area contributed by atoms with Crippen LogP contribution in [0.15, 0.2) is 53.6 Å². The van der Waals surface area contributed by atoms with Crippen LogP contribution in [0, 0.1) is 10.1 Å². The maximum Gasteiger partial charge on any atom is 0.277 e. The van der Waals surface area contributed by atoms with Crippen molar-refractivity contribution in [2.75, 3.05) is 6.61 Å². The lowest BCUT2D eigenvalue weighted by atomic mass is 10.1. The first-order chi connectivity index (χ1) is 12.0. The summed E-state index contributed by atoms with van der Waals surface area (Å²) in [6, 6.07) is 13.5. The molecule has 0 radical (unpaired) electrons. The van der Waals surface area contributed by atoms with E-state index in [-0.39, 0.29) is 18.2 Å². The van der Waals surface area contributed by atoms with E-state index in [4.69, 9.17) is 4.74 Å². The van der Waals surface area contributed by atoms with Crippen LogP contribution >= 0.6 is 0 Å². The fourth-order valence-corrected chi connectivity index (χ4v) is 2.04. The number of non-ortho nitro benzene ring substituents is 1. The Balaban J connectivity index is 1.86. The molecule has 0 aliphatic carbocycles. The molecule has 1 amide bonds. The zero-order valence-corrected chi connectivity index (χ0v) is 14.1. The number of rotatable bonds is 7. The van der Waals surface area contributed by atoms with E-state index in [1.54, 1.807) is 19.1 Å². The second kappa shape index (κ2) is 8.58. The van der Waals surface area contributed by atoms with Gasteiger partial charge in [0.1, 0.15) is 5.75 Å². The van der Waals surface area contributed by atoms with Crippen molar-refractivity contribution in [2.45, 2.75) is 20.3 Å². The molecule has 1 N–H and O–H groups in total. The fraction of sp³-hybridized carbons (Fsp3) is 0.222. The van der Waals surface area contributed by atoms with E-state index < -0.39 is 4.92 Å². The molecule has 0 fully saturated rings. The zero-order valence-electron chi connectivity index (χ0n) is 14.1. The molecule has 0 unspecified atom stereocenters. The molecule has 2 aromatic carbocycles. The van der Waals surface area contributed by atoms with Crippen LogP contribution < -0.4 is 10.2 Å². The van der Waals surface area contributed by atoms with Crippen LogP contribution in [0.1, 0.15) is 25.0 Å². The summed E-state index contributed by atoms with van der Waals surface area (Å²) in [7, 11) is 0. The van der Waals surface area contributed by atoms with Gasteiger partial charge in [-0.1, -0.05) is 19.1 Å². The number of hydrazone groups is 1. The van der Waals surface area contributed by atoms with Crippen molar-refractivity contribution in [1.29, 1.82) is 0 Å². The van der Waals surface area contributed by atoms with Gasteiger partial charge in [-0.25, -0.2) is 5.43 Å². The minimum Gasteiger partial charge on any atom is -0.484 e. The van der Waals surface area contributed by atoms with Gasteiger partial charge in [-0.15, -0.1) is 0 Å². The summed E-state index contributed by atoms with van der Waals surface area (Å²) >= 11 is 0. The first kappa shape index (κ1) is 18.1. The SMILES string of the molecule is CCc1ccc(OCC(=O)N/N=C(/C)c2ccc([N+](=O)[O-])cc2)cc1. The molecule has 0 atom stereocenters. The summed E-state index contributed by atoms with van der Waals surface area (Å²) in [4.78, 5) is 21.9. The number of nitrogens with zero attached hydrogens (tertiary/aromatic N) is 2. The predicted molar refractivity (Wildman–Crippen MR) is 94.8 cm³/mol. The van der Waals surface area contributed by atoms with Crippen LogP contribution in [0.3, 0.4) is 0 Å². The molecule has 2 rings (SSSR count). The highest BCUT2D eigenvalue weighted by Crippen LogP contribution is 2.13. The Kier molecular flexibility index (Phi) is 6.22. The third-order valence-electron chi connectivity index (χ3n) is 3.55. The van der Waals surface area contributed by atoms with Gasteiger partial charge < -0.3 is 4.74 Å². The normalized spacial score (nSPS) is 11.0. The van der Waals surface area contributed by atoms with Gasteiger partial charge in [0.05, 0.1) is 10.6 Å². The highest BCUT2D eigenvalue weighted by molar-refractivity contribution is 5.99. The lowest BCUT2D eigenvalue weighted by molar-refractivity contribution is -0.384. The number of hydrogen-bond donors (Lipinski definition) is 1. The van der Waals surface area contributed by atoms with Crippen molar-refractivity contribution >= 4 is 17.3 Å². The van der Waals surface area contributed by atoms with Crippen molar-refractivity contribution in [3.8, 4) is 5.75 Å². The second-order valence-corrected chi connectivity index (χ2v) is 5.32. The Morgan fingerprint density at radius 3 is 2.36 bits per heavy atom. The summed E-state index contributed by atoms with van der Waals surface area (Å²) in [6.45, 7) is 3.61. The highest BCUT2D eigenvalue weighted by atomic mass is 16.6. The average molecular weight is 341 g/mol. The number of nitro groups is 1. The molecule has 0 aliphatic heterocycles. The molecule has 0 bridgehead atoms. The summed E-state index contributed by atoms with van der Waals surface area (Å²) in [6.07, 6.45) is 0.942. The van der Waals surface area contributed by atoms with E-state index in [2.05, 4.69) is 17.5 Å². The molecule has 130 valence electrons. The topological polar surface area (TPSA) is 93.8 Å². The number of ether oxygens (including phenoxy) is 1. The number of hydrogen-bond acceptors (Lipinski definition) is 5. The smallest absolute Gasteiger partial charge is 0.277 e. The van der Waals surface area contributed by atoms with E-state index in [9.17, 15) is 14.9 Å². The van der Waals surface area contributed by atoms with Gasteiger partial charge >= 0.3 is 0 Å². The largest absolute Gasteiger partial charge is 0.484 e. The predicted octanol–water partition coefficient (Wildman–Crippen LogP) is 3.08. The van der Waals surface area contributed by atoms with Gasteiger partial charge in [0.2, 0.25) is 0 Å². The Bertz CT molecular complexity index is 768. The third-order valence-corrected chi connectivity index (χ3v) is 3.55. The monoisotopic (exact) mass is 341 g/mol. The lowest BCUT2D eigenvalue weighted by Crippen LogP contribution is -2.25. The average Bonchev–Trinajstić information content (AvgIpc) is 2.64. The molecule has 7 heteroatoms. The number of amides is 1. The Labute approximate surface area is 145 Å². The van der Waals surface area contributed by atoms with Crippen LogP contribution in [0.25, 0.3) is 0 Å². The standard InChI is InChI=1S/C18H19N3O4/c1-3-14-4-10-17(11-5-14)25-12-18(22)20-19-13(2)15-6-8-16(9-7-15)21(23)24/h4-11H,3,12H2,1-2H3,(H,20,22)/b19-13-. The molecule has 0 aliphatic rings. The molecule has 0 aromatic heterocycles. The summed E-state index contributed by atoms with van der Waals surface area (Å²) in [5, 5.41) is 14.6. The van der Waals surface area contributed by atoms with Gasteiger partial charge in [0, 0.05) is 12.1 Å². The summed E-state index contributed by atoms with van der Waals surface area (Å²) in [5.74, 6) is 0.226. The molecule has 2 aromatic rings. The number of carbonyl (C=O) groups excluding carboxylic acids is 1. The highest BCUT2D eigenvalue weighted by Gasteiger charge is 2.06. The molecular formula is C18H19N3O4. The quantitative estimate of drug-likeness (QED) is 0.476. The van der Waals surface area contributed by atoms with Gasteiger partial charge in [-0.05, 0) is 48.7 Å². The molecular weight excluding hydrogens is 322 g/mol. The summed E-state index contributed by atoms with van der Waals surface area (Å²) < 4.78 is 5.39. The zero-order chi connectivity index (χ0) is 18.2. The van der Waals surface area contributed by atoms with Crippen molar-refractivity contribution in [2.24, 2.45) is 5.10 Å². The number of nitrogens with one attached hydrogen (secondary N) is 1. The van der Waals surface area contributed by atoms with Gasteiger partial charge in [0.15, 0.2) is 6.61 Å². The Morgan fingerprint density at radius 2 is 1.80 bits per heavy atom. The molecule has 0 saturated carbocycles. The van der Waals surface area contributed by atoms with Crippen LogP contribution in [0.5, 0.6) is 5.75 Å². The molecule has 0 heterocycles. The van der Waals surface area contributed by atoms with Crippen molar-refractivity contribution in [3.63, 3.8) is 0 Å². The third kappa shape index (κ3) is 5.42. The first-order valence-corrected chi connectivity index (χ1v) is 7.79. The van der Waals surface area contributed by atoms with E-state index in [1.165, 1.54) is 17.7 Å². The summed E-state index contributed by atoms with van der Waals surface area (Å²) in [5.41, 5.74) is 4.82. The van der Waals surface area contributed by atoms with Gasteiger partial charge in [-0.2, -0.15) is 5.10 Å². The van der Waals surface area contributed by atoms with Crippen LogP contribution in [0.4, 0.5) is 5.69 Å². The van der Waals surface area contributed by atoms with E-state index in [0.29, 0.717) is 17.0 Å². The van der Waals surface area contributed by atoms with Crippen molar-refractivity contribution in [1.82, 2.24) is 5.43 Å². The van der Waals surface area contributed by atoms with E-state index in [1.807, 2.05) is 24.3 Å². The molecule has 0 saturated heterocycles. The van der Waals surface area contributed by atoms with E-state index >= 15 is 0 Å². The van der Waals surface area contributed by atoms with Crippen molar-refractivity contribution < 1.29 is 14.5 Å². The molecule has 7 nitrogen and oxygen atoms in total. The Hall–Kier alpha value is -3.22. The number of benzene rings is 2. The van der Waals surface area contributed by atoms with E-state index in [0.717, 1.165) is 6.42 Å². The number of nitro benzene ring substituents is 1. The van der Waals surface area contributed by atoms with Crippen molar-refractivity contribution in [3.05, 3.63) is 69.8 Å². The minimum absolute atomic E-state index is 0.00285. The Morgan fingerprint density at radius 1 is 1.16 bits per heavy atom. The van der Waals surface area contributed by atoms with Crippen LogP contribution in [-0.2, 0) is 11.2 Å². The van der Waals surface area contributed by atoms with Gasteiger partial charge in [-0.3, -0.25) is 14.9 Å². The maximum atomic E-state index is 11.8.